The molecule has 0 spiro atoms. The molecule has 2 aromatic rings. The number of carbonyl (C=O) groups is 1. The molecular formula is C21H25N3OS. The van der Waals surface area contributed by atoms with Gasteiger partial charge in [-0.25, -0.2) is 4.98 Å². The molecule has 1 amide bonds. The van der Waals surface area contributed by atoms with Gasteiger partial charge in [0, 0.05) is 18.5 Å². The number of carbonyl (C=O) groups excluding carboxylic acids is 1. The molecule has 136 valence electrons. The largest absolute Gasteiger partial charge is 0.332 e. The Balaban J connectivity index is 1.53. The molecule has 0 aliphatic carbocycles. The average molecular weight is 368 g/mol. The Morgan fingerprint density at radius 2 is 1.85 bits per heavy atom. The third-order valence-corrected chi connectivity index (χ3v) is 7.62. The first-order chi connectivity index (χ1) is 12.6. The van der Waals surface area contributed by atoms with Crippen molar-refractivity contribution in [3.63, 3.8) is 0 Å². The summed E-state index contributed by atoms with van der Waals surface area (Å²) in [6.45, 7) is 7.30. The van der Waals surface area contributed by atoms with E-state index in [0.29, 0.717) is 23.9 Å². The van der Waals surface area contributed by atoms with Gasteiger partial charge in [0.2, 0.25) is 0 Å². The number of benzene rings is 1. The molecule has 4 aliphatic rings. The van der Waals surface area contributed by atoms with Gasteiger partial charge in [-0.2, -0.15) is 0 Å². The van der Waals surface area contributed by atoms with E-state index in [-0.39, 0.29) is 5.91 Å². The summed E-state index contributed by atoms with van der Waals surface area (Å²) >= 11 is 1.49. The first kappa shape index (κ1) is 16.5. The number of thiazole rings is 1. The molecule has 3 atom stereocenters. The van der Waals surface area contributed by atoms with E-state index in [1.54, 1.807) is 5.51 Å². The number of nitrogens with zero attached hydrogens (tertiary/aromatic N) is 3. The van der Waals surface area contributed by atoms with Crippen molar-refractivity contribution < 1.29 is 4.79 Å². The summed E-state index contributed by atoms with van der Waals surface area (Å²) in [6, 6.07) is 9.79. The lowest BCUT2D eigenvalue weighted by atomic mass is 9.75. The summed E-state index contributed by atoms with van der Waals surface area (Å²) in [6.07, 6.45) is 2.46. The number of rotatable bonds is 2. The zero-order valence-corrected chi connectivity index (χ0v) is 16.2. The number of hydrogen-bond acceptors (Lipinski definition) is 4. The van der Waals surface area contributed by atoms with Crippen LogP contribution in [0.4, 0.5) is 0 Å². The summed E-state index contributed by atoms with van der Waals surface area (Å²) in [5.41, 5.74) is 5.34. The van der Waals surface area contributed by atoms with Crippen LogP contribution in [0.15, 0.2) is 29.8 Å². The van der Waals surface area contributed by atoms with E-state index in [1.165, 1.54) is 48.4 Å². The van der Waals surface area contributed by atoms with Crippen LogP contribution in [0, 0.1) is 19.8 Å². The van der Waals surface area contributed by atoms with Crippen LogP contribution in [0.3, 0.4) is 0 Å². The van der Waals surface area contributed by atoms with Gasteiger partial charge in [0.05, 0.1) is 17.2 Å². The van der Waals surface area contributed by atoms with E-state index in [1.807, 2.05) is 6.92 Å². The summed E-state index contributed by atoms with van der Waals surface area (Å²) in [7, 11) is 0. The third kappa shape index (κ3) is 2.44. The minimum Gasteiger partial charge on any atom is -0.332 e. The van der Waals surface area contributed by atoms with Crippen molar-refractivity contribution in [2.24, 2.45) is 5.92 Å². The first-order valence-corrected chi connectivity index (χ1v) is 10.5. The fraction of sp³-hybridized carbons (Fsp3) is 0.524. The van der Waals surface area contributed by atoms with E-state index in [2.05, 4.69) is 46.0 Å². The highest BCUT2D eigenvalue weighted by Crippen LogP contribution is 2.47. The Morgan fingerprint density at radius 3 is 2.50 bits per heavy atom. The van der Waals surface area contributed by atoms with Crippen molar-refractivity contribution in [1.82, 2.24) is 14.8 Å². The molecule has 0 saturated carbocycles. The Kier molecular flexibility index (Phi) is 3.90. The molecule has 4 nitrogen and oxygen atoms in total. The van der Waals surface area contributed by atoms with E-state index in [4.69, 9.17) is 0 Å². The maximum atomic E-state index is 13.4. The first-order valence-electron chi connectivity index (χ1n) is 9.65. The fourth-order valence-electron chi connectivity index (χ4n) is 5.40. The van der Waals surface area contributed by atoms with Gasteiger partial charge in [0.25, 0.3) is 5.91 Å². The van der Waals surface area contributed by atoms with Gasteiger partial charge in [-0.1, -0.05) is 29.8 Å². The number of aryl methyl sites for hydroxylation is 2. The van der Waals surface area contributed by atoms with Crippen molar-refractivity contribution in [2.45, 2.75) is 44.7 Å². The fourth-order valence-corrected chi connectivity index (χ4v) is 6.16. The van der Waals surface area contributed by atoms with Gasteiger partial charge < -0.3 is 4.90 Å². The van der Waals surface area contributed by atoms with E-state index in [0.717, 1.165) is 17.1 Å². The lowest BCUT2D eigenvalue weighted by Gasteiger charge is -2.51. The van der Waals surface area contributed by atoms with E-state index < -0.39 is 0 Å². The molecule has 2 bridgehead atoms. The molecule has 5 heterocycles. The van der Waals surface area contributed by atoms with Crippen molar-refractivity contribution in [2.75, 3.05) is 19.6 Å². The minimum atomic E-state index is 0.198. The van der Waals surface area contributed by atoms with Crippen LogP contribution in [-0.2, 0) is 0 Å². The van der Waals surface area contributed by atoms with Crippen LogP contribution in [0.5, 0.6) is 0 Å². The van der Waals surface area contributed by atoms with E-state index >= 15 is 0 Å². The average Bonchev–Trinajstić information content (AvgIpc) is 3.28. The van der Waals surface area contributed by atoms with Crippen LogP contribution < -0.4 is 0 Å². The van der Waals surface area contributed by atoms with Gasteiger partial charge in [-0.15, -0.1) is 11.3 Å². The van der Waals surface area contributed by atoms with Crippen molar-refractivity contribution in [3.05, 3.63) is 51.5 Å². The topological polar surface area (TPSA) is 36.4 Å². The molecule has 5 heteroatoms. The molecule has 4 aliphatic heterocycles. The SMILES string of the molecule is Cc1ccc([C@H]2CN(C(=O)c3scnc3C)[C@@H]3C4CCN(CC4)[C@H]23)cc1. The highest BCUT2D eigenvalue weighted by atomic mass is 32.1. The van der Waals surface area contributed by atoms with Crippen LogP contribution in [0.25, 0.3) is 0 Å². The Hall–Kier alpha value is -1.72. The molecule has 0 unspecified atom stereocenters. The summed E-state index contributed by atoms with van der Waals surface area (Å²) in [4.78, 5) is 23.4. The van der Waals surface area contributed by atoms with Crippen LogP contribution >= 0.6 is 11.3 Å². The Morgan fingerprint density at radius 1 is 1.12 bits per heavy atom. The van der Waals surface area contributed by atoms with Crippen LogP contribution in [0.2, 0.25) is 0 Å². The quantitative estimate of drug-likeness (QED) is 0.816. The summed E-state index contributed by atoms with van der Waals surface area (Å²) in [5.74, 6) is 1.27. The van der Waals surface area contributed by atoms with Gasteiger partial charge >= 0.3 is 0 Å². The van der Waals surface area contributed by atoms with Crippen molar-refractivity contribution in [3.8, 4) is 0 Å². The maximum Gasteiger partial charge on any atom is 0.266 e. The molecular weight excluding hydrogens is 342 g/mol. The number of likely N-dealkylation sites (tertiary alicyclic amines) is 1. The molecule has 4 saturated heterocycles. The van der Waals surface area contributed by atoms with Crippen molar-refractivity contribution >= 4 is 17.2 Å². The van der Waals surface area contributed by atoms with Gasteiger partial charge in [0.1, 0.15) is 4.88 Å². The standard InChI is InChI=1S/C21H25N3OS/c1-13-3-5-15(6-4-13)17-11-24(21(25)20-14(2)22-12-26-20)18-16-7-9-23(10-8-16)19(17)18/h3-6,12,16-19H,7-11H2,1-2H3/t17-,18-,19-/m1/s1. The van der Waals surface area contributed by atoms with Gasteiger partial charge in [-0.3, -0.25) is 9.69 Å². The summed E-state index contributed by atoms with van der Waals surface area (Å²) in [5, 5.41) is 0. The minimum absolute atomic E-state index is 0.198. The number of fused-ring (bicyclic) bond motifs is 2. The smallest absolute Gasteiger partial charge is 0.266 e. The second kappa shape index (κ2) is 6.17. The molecule has 1 aromatic carbocycles. The van der Waals surface area contributed by atoms with Gasteiger partial charge in [0.15, 0.2) is 0 Å². The predicted molar refractivity (Wildman–Crippen MR) is 104 cm³/mol. The van der Waals surface area contributed by atoms with Gasteiger partial charge in [-0.05, 0) is 51.3 Å². The normalized spacial score (nSPS) is 32.7. The monoisotopic (exact) mass is 367 g/mol. The number of piperidine rings is 3. The maximum absolute atomic E-state index is 13.4. The molecule has 1 aromatic heterocycles. The van der Waals surface area contributed by atoms with Crippen molar-refractivity contribution in [1.29, 1.82) is 0 Å². The lowest BCUT2D eigenvalue weighted by molar-refractivity contribution is -0.00328. The molecule has 0 N–H and O–H groups in total. The second-order valence-corrected chi connectivity index (χ2v) is 8.95. The number of amides is 1. The predicted octanol–water partition coefficient (Wildman–Crippen LogP) is 3.46. The molecule has 6 rings (SSSR count). The third-order valence-electron chi connectivity index (χ3n) is 6.70. The molecule has 0 radical (unpaired) electrons. The highest BCUT2D eigenvalue weighted by molar-refractivity contribution is 7.11. The zero-order valence-electron chi connectivity index (χ0n) is 15.4. The zero-order chi connectivity index (χ0) is 17.8. The second-order valence-electron chi connectivity index (χ2n) is 8.10. The number of aromatic nitrogens is 1. The molecule has 4 fully saturated rings. The van der Waals surface area contributed by atoms with E-state index in [9.17, 15) is 4.79 Å². The van der Waals surface area contributed by atoms with Crippen LogP contribution in [-0.4, -0.2) is 52.4 Å². The Labute approximate surface area is 158 Å². The highest BCUT2D eigenvalue weighted by Gasteiger charge is 2.54. The Bertz CT molecular complexity index is 822. The lowest BCUT2D eigenvalue weighted by Crippen LogP contribution is -2.60. The van der Waals surface area contributed by atoms with Crippen LogP contribution in [0.1, 0.15) is 45.3 Å². The molecule has 26 heavy (non-hydrogen) atoms. The number of hydrogen-bond donors (Lipinski definition) is 0. The summed E-state index contributed by atoms with van der Waals surface area (Å²) < 4.78 is 0.